The normalized spacial score (nSPS) is 22.2. The number of nitrogens with zero attached hydrogens (tertiary/aromatic N) is 2. The molecule has 35 heavy (non-hydrogen) atoms. The molecule has 1 unspecified atom stereocenters. The highest BCUT2D eigenvalue weighted by Gasteiger charge is 2.28. The molecule has 0 bridgehead atoms. The van der Waals surface area contributed by atoms with Crippen LogP contribution in [0.2, 0.25) is 0 Å². The molecule has 3 aliphatic rings. The van der Waals surface area contributed by atoms with Gasteiger partial charge in [0.2, 0.25) is 0 Å². The van der Waals surface area contributed by atoms with Crippen molar-refractivity contribution in [2.24, 2.45) is 0 Å². The second kappa shape index (κ2) is 9.70. The quantitative estimate of drug-likeness (QED) is 0.607. The number of aliphatic hydroxyl groups excluding tert-OH is 2. The molecule has 1 saturated heterocycles. The van der Waals surface area contributed by atoms with Gasteiger partial charge in [-0.25, -0.2) is 9.59 Å². The van der Waals surface area contributed by atoms with Crippen molar-refractivity contribution in [3.05, 3.63) is 69.3 Å². The van der Waals surface area contributed by atoms with Gasteiger partial charge in [-0.2, -0.15) is 0 Å². The smallest absolute Gasteiger partial charge is 0.338 e. The second-order valence-electron chi connectivity index (χ2n) is 9.85. The molecule has 186 valence electrons. The number of esters is 2. The lowest BCUT2D eigenvalue weighted by Gasteiger charge is -2.36. The topological polar surface area (TPSA) is 99.5 Å². The fraction of sp³-hybridized carbons (Fsp3) is 0.481. The van der Waals surface area contributed by atoms with Crippen molar-refractivity contribution in [2.75, 3.05) is 39.3 Å². The standard InChI is InChI=1S/C27H32N2O6/c1-16-11-19-12-18(3-4-21(19)27(33)35-16)24(30)13-28-7-9-29(10-8-28)14-25(31)20-5-6-22-23(17(20)2)15-34-26(22)32/h3-6,12,16,24-25,30-31H,7-11,13-15H2,1-2H3/t16-,24?,25-/m1/s1. The van der Waals surface area contributed by atoms with Crippen LogP contribution in [0.5, 0.6) is 0 Å². The van der Waals surface area contributed by atoms with Gasteiger partial charge in [0.05, 0.1) is 23.3 Å². The molecule has 0 saturated carbocycles. The molecule has 3 heterocycles. The first-order valence-electron chi connectivity index (χ1n) is 12.2. The van der Waals surface area contributed by atoms with Crippen LogP contribution >= 0.6 is 0 Å². The predicted molar refractivity (Wildman–Crippen MR) is 128 cm³/mol. The van der Waals surface area contributed by atoms with Crippen LogP contribution in [0.25, 0.3) is 0 Å². The third-order valence-corrected chi connectivity index (χ3v) is 7.44. The van der Waals surface area contributed by atoms with Gasteiger partial charge in [-0.05, 0) is 48.2 Å². The van der Waals surface area contributed by atoms with Gasteiger partial charge in [0, 0.05) is 51.3 Å². The molecule has 1 fully saturated rings. The van der Waals surface area contributed by atoms with Gasteiger partial charge < -0.3 is 19.7 Å². The first-order valence-corrected chi connectivity index (χ1v) is 12.2. The SMILES string of the molecule is Cc1c([C@H](O)CN2CCN(CC(O)c3ccc4c(c3)C[C@@H](C)OC4=O)CC2)ccc2c1COC2=O. The summed E-state index contributed by atoms with van der Waals surface area (Å²) < 4.78 is 10.4. The van der Waals surface area contributed by atoms with E-state index in [9.17, 15) is 19.8 Å². The van der Waals surface area contributed by atoms with Gasteiger partial charge in [-0.1, -0.05) is 18.2 Å². The first kappa shape index (κ1) is 23.9. The third-order valence-electron chi connectivity index (χ3n) is 7.44. The molecule has 2 aromatic rings. The van der Waals surface area contributed by atoms with Crippen molar-refractivity contribution in [3.8, 4) is 0 Å². The molecule has 3 atom stereocenters. The van der Waals surface area contributed by atoms with Crippen molar-refractivity contribution in [3.63, 3.8) is 0 Å². The van der Waals surface area contributed by atoms with Gasteiger partial charge in [-0.3, -0.25) is 9.80 Å². The highest BCUT2D eigenvalue weighted by Crippen LogP contribution is 2.30. The number of ether oxygens (including phenoxy) is 2. The van der Waals surface area contributed by atoms with Crippen LogP contribution in [0, 0.1) is 6.92 Å². The Morgan fingerprint density at radius 3 is 2.31 bits per heavy atom. The van der Waals surface area contributed by atoms with Crippen LogP contribution in [0.4, 0.5) is 0 Å². The van der Waals surface area contributed by atoms with Crippen LogP contribution < -0.4 is 0 Å². The Morgan fingerprint density at radius 2 is 1.60 bits per heavy atom. The second-order valence-corrected chi connectivity index (χ2v) is 9.85. The van der Waals surface area contributed by atoms with Gasteiger partial charge >= 0.3 is 11.9 Å². The monoisotopic (exact) mass is 480 g/mol. The lowest BCUT2D eigenvalue weighted by Crippen LogP contribution is -2.48. The number of hydrogen-bond acceptors (Lipinski definition) is 8. The fourth-order valence-electron chi connectivity index (χ4n) is 5.36. The Kier molecular flexibility index (Phi) is 6.63. The summed E-state index contributed by atoms with van der Waals surface area (Å²) in [6, 6.07) is 9.08. The number of aliphatic hydroxyl groups is 2. The van der Waals surface area contributed by atoms with E-state index in [1.54, 1.807) is 12.1 Å². The Labute approximate surface area is 205 Å². The summed E-state index contributed by atoms with van der Waals surface area (Å²) >= 11 is 0. The van der Waals surface area contributed by atoms with E-state index in [2.05, 4.69) is 9.80 Å². The van der Waals surface area contributed by atoms with Crippen molar-refractivity contribution >= 4 is 11.9 Å². The summed E-state index contributed by atoms with van der Waals surface area (Å²) in [5, 5.41) is 21.7. The molecule has 8 nitrogen and oxygen atoms in total. The van der Waals surface area contributed by atoms with E-state index in [1.165, 1.54) is 0 Å². The molecule has 5 rings (SSSR count). The largest absolute Gasteiger partial charge is 0.459 e. The Balaban J connectivity index is 1.15. The highest BCUT2D eigenvalue weighted by atomic mass is 16.5. The van der Waals surface area contributed by atoms with Crippen molar-refractivity contribution in [1.82, 2.24) is 9.80 Å². The van der Waals surface area contributed by atoms with Gasteiger partial charge in [0.15, 0.2) is 0 Å². The van der Waals surface area contributed by atoms with E-state index in [-0.39, 0.29) is 24.6 Å². The minimum Gasteiger partial charge on any atom is -0.459 e. The van der Waals surface area contributed by atoms with Crippen LogP contribution in [-0.2, 0) is 22.5 Å². The molecule has 0 aliphatic carbocycles. The third kappa shape index (κ3) is 4.84. The predicted octanol–water partition coefficient (Wildman–Crippen LogP) is 2.15. The Hall–Kier alpha value is -2.78. The number of carbonyl (C=O) groups excluding carboxylic acids is 2. The fourth-order valence-corrected chi connectivity index (χ4v) is 5.36. The Morgan fingerprint density at radius 1 is 0.943 bits per heavy atom. The van der Waals surface area contributed by atoms with Crippen LogP contribution in [0.1, 0.15) is 67.7 Å². The Bertz CT molecular complexity index is 1140. The van der Waals surface area contributed by atoms with E-state index in [0.29, 0.717) is 30.6 Å². The van der Waals surface area contributed by atoms with Gasteiger partial charge in [-0.15, -0.1) is 0 Å². The summed E-state index contributed by atoms with van der Waals surface area (Å²) in [5.74, 6) is -0.593. The van der Waals surface area contributed by atoms with Crippen LogP contribution in [0.3, 0.4) is 0 Å². The lowest BCUT2D eigenvalue weighted by atomic mass is 9.95. The number of fused-ring (bicyclic) bond motifs is 2. The van der Waals surface area contributed by atoms with Gasteiger partial charge in [0.1, 0.15) is 12.7 Å². The maximum Gasteiger partial charge on any atom is 0.338 e. The maximum absolute atomic E-state index is 12.0. The number of benzene rings is 2. The van der Waals surface area contributed by atoms with Crippen molar-refractivity contribution in [2.45, 2.75) is 45.2 Å². The average molecular weight is 481 g/mol. The lowest BCUT2D eigenvalue weighted by molar-refractivity contribution is 0.0299. The summed E-state index contributed by atoms with van der Waals surface area (Å²) in [6.07, 6.45) is -0.764. The minimum absolute atomic E-state index is 0.151. The number of carbonyl (C=O) groups is 2. The van der Waals surface area contributed by atoms with E-state index in [0.717, 1.165) is 54.0 Å². The van der Waals surface area contributed by atoms with Crippen LogP contribution in [-0.4, -0.2) is 77.3 Å². The summed E-state index contributed by atoms with van der Waals surface area (Å²) in [7, 11) is 0. The van der Waals surface area contributed by atoms with E-state index >= 15 is 0 Å². The molecule has 0 amide bonds. The molecular formula is C27H32N2O6. The van der Waals surface area contributed by atoms with E-state index in [1.807, 2.05) is 32.0 Å². The molecule has 2 aromatic carbocycles. The molecular weight excluding hydrogens is 448 g/mol. The number of cyclic esters (lactones) is 2. The maximum atomic E-state index is 12.0. The molecule has 8 heteroatoms. The summed E-state index contributed by atoms with van der Waals surface area (Å²) in [4.78, 5) is 28.3. The number of piperazine rings is 1. The van der Waals surface area contributed by atoms with Crippen molar-refractivity contribution < 1.29 is 29.3 Å². The zero-order chi connectivity index (χ0) is 24.7. The molecule has 2 N–H and O–H groups in total. The molecule has 0 radical (unpaired) electrons. The summed E-state index contributed by atoms with van der Waals surface area (Å²) in [6.45, 7) is 8.30. The van der Waals surface area contributed by atoms with Gasteiger partial charge in [0.25, 0.3) is 0 Å². The molecule has 3 aliphatic heterocycles. The van der Waals surface area contributed by atoms with E-state index in [4.69, 9.17) is 9.47 Å². The molecule has 0 spiro atoms. The first-order chi connectivity index (χ1) is 16.8. The highest BCUT2D eigenvalue weighted by molar-refractivity contribution is 5.94. The summed E-state index contributed by atoms with van der Waals surface area (Å²) in [5.41, 5.74) is 5.57. The minimum atomic E-state index is -0.641. The van der Waals surface area contributed by atoms with E-state index < -0.39 is 12.2 Å². The van der Waals surface area contributed by atoms with Crippen molar-refractivity contribution in [1.29, 1.82) is 0 Å². The number of rotatable bonds is 6. The number of β-amino-alcohol motifs (C(OH)–C–C–N with tert-alkyl or cyclic N) is 2. The molecule has 0 aromatic heterocycles. The average Bonchev–Trinajstić information content (AvgIpc) is 3.21. The zero-order valence-electron chi connectivity index (χ0n) is 20.2. The zero-order valence-corrected chi connectivity index (χ0v) is 20.2. The number of hydrogen-bond donors (Lipinski definition) is 2. The van der Waals surface area contributed by atoms with Crippen LogP contribution in [0.15, 0.2) is 30.3 Å².